The Labute approximate surface area is 148 Å². The number of carbonyl (C=O) groups excluding carboxylic acids is 1. The van der Waals surface area contributed by atoms with Crippen molar-refractivity contribution in [2.24, 2.45) is 17.6 Å². The van der Waals surface area contributed by atoms with Crippen LogP contribution >= 0.6 is 0 Å². The largest absolute Gasteiger partial charge is 0.356 e. The zero-order valence-corrected chi connectivity index (χ0v) is 14.7. The summed E-state index contributed by atoms with van der Waals surface area (Å²) in [7, 11) is 0. The summed E-state index contributed by atoms with van der Waals surface area (Å²) in [5.41, 5.74) is 9.37. The Hall–Kier alpha value is -1.95. The van der Waals surface area contributed by atoms with Crippen LogP contribution in [0.4, 0.5) is 0 Å². The Kier molecular flexibility index (Phi) is 4.70. The van der Waals surface area contributed by atoms with Crippen molar-refractivity contribution in [3.05, 3.63) is 29.7 Å². The molecule has 4 rings (SSSR count). The Morgan fingerprint density at radius 2 is 2.04 bits per heavy atom. The number of hydrogen-bond acceptors (Lipinski definition) is 4. The SMILES string of the molecule is N[C@H](c1cn2ncc(CC3CCNC3=O)cc2n1)C1CCCCCC1. The maximum absolute atomic E-state index is 11.8. The van der Waals surface area contributed by atoms with Gasteiger partial charge in [-0.05, 0) is 43.2 Å². The van der Waals surface area contributed by atoms with Gasteiger partial charge in [0.05, 0.1) is 24.1 Å². The number of nitrogens with one attached hydrogen (secondary N) is 1. The summed E-state index contributed by atoms with van der Waals surface area (Å²) in [6, 6.07) is 2.03. The highest BCUT2D eigenvalue weighted by molar-refractivity contribution is 5.80. The smallest absolute Gasteiger partial charge is 0.223 e. The molecule has 1 unspecified atom stereocenters. The van der Waals surface area contributed by atoms with E-state index in [1.165, 1.54) is 38.5 Å². The summed E-state index contributed by atoms with van der Waals surface area (Å²) in [6.45, 7) is 0.781. The van der Waals surface area contributed by atoms with Gasteiger partial charge >= 0.3 is 0 Å². The second kappa shape index (κ2) is 7.12. The number of carbonyl (C=O) groups is 1. The van der Waals surface area contributed by atoms with Crippen LogP contribution in [0.3, 0.4) is 0 Å². The summed E-state index contributed by atoms with van der Waals surface area (Å²) in [5, 5.41) is 7.37. The molecule has 0 spiro atoms. The first-order valence-corrected chi connectivity index (χ1v) is 9.58. The van der Waals surface area contributed by atoms with E-state index in [4.69, 9.17) is 10.7 Å². The molecule has 3 heterocycles. The van der Waals surface area contributed by atoms with Gasteiger partial charge in [0.2, 0.25) is 5.91 Å². The van der Waals surface area contributed by atoms with E-state index >= 15 is 0 Å². The molecule has 1 aliphatic carbocycles. The van der Waals surface area contributed by atoms with Crippen LogP contribution in [0.25, 0.3) is 5.65 Å². The molecule has 2 atom stereocenters. The first-order chi connectivity index (χ1) is 12.2. The molecule has 1 saturated heterocycles. The molecule has 0 bridgehead atoms. The third kappa shape index (κ3) is 3.54. The summed E-state index contributed by atoms with van der Waals surface area (Å²) in [6.07, 6.45) is 13.0. The standard InChI is InChI=1S/C19H27N5O/c20-18(14-5-3-1-2-4-6-14)16-12-24-17(23-16)10-13(11-22-24)9-15-7-8-21-19(15)25/h10-12,14-15,18H,1-9,20H2,(H,21,25)/t15?,18-/m0/s1. The lowest BCUT2D eigenvalue weighted by atomic mass is 9.91. The molecular formula is C19H27N5O. The first-order valence-electron chi connectivity index (χ1n) is 9.58. The molecule has 0 radical (unpaired) electrons. The van der Waals surface area contributed by atoms with E-state index < -0.39 is 0 Å². The number of rotatable bonds is 4. The molecule has 0 aromatic carbocycles. The summed E-state index contributed by atoms with van der Waals surface area (Å²) in [4.78, 5) is 16.5. The minimum absolute atomic E-state index is 0.0103. The van der Waals surface area contributed by atoms with Gasteiger partial charge in [-0.15, -0.1) is 0 Å². The van der Waals surface area contributed by atoms with Gasteiger partial charge in [-0.3, -0.25) is 4.79 Å². The van der Waals surface area contributed by atoms with Crippen LogP contribution in [0.1, 0.15) is 62.2 Å². The van der Waals surface area contributed by atoms with Gasteiger partial charge in [0.1, 0.15) is 0 Å². The summed E-state index contributed by atoms with van der Waals surface area (Å²) in [5.74, 6) is 0.736. The van der Waals surface area contributed by atoms with Crippen LogP contribution < -0.4 is 11.1 Å². The number of imidazole rings is 1. The second-order valence-electron chi connectivity index (χ2n) is 7.59. The Balaban J connectivity index is 1.52. The van der Waals surface area contributed by atoms with E-state index in [0.717, 1.165) is 36.3 Å². The average molecular weight is 341 g/mol. The number of nitrogens with two attached hydrogens (primary N) is 1. The fraction of sp³-hybridized carbons (Fsp3) is 0.632. The fourth-order valence-corrected chi connectivity index (χ4v) is 4.24. The van der Waals surface area contributed by atoms with E-state index in [2.05, 4.69) is 10.4 Å². The summed E-state index contributed by atoms with van der Waals surface area (Å²) < 4.78 is 1.81. The fourth-order valence-electron chi connectivity index (χ4n) is 4.24. The maximum Gasteiger partial charge on any atom is 0.223 e. The van der Waals surface area contributed by atoms with Gasteiger partial charge in [0.15, 0.2) is 5.65 Å². The Morgan fingerprint density at radius 3 is 2.76 bits per heavy atom. The molecule has 1 saturated carbocycles. The topological polar surface area (TPSA) is 85.3 Å². The molecule has 2 aliphatic rings. The van der Waals surface area contributed by atoms with E-state index in [1.54, 1.807) is 0 Å². The van der Waals surface area contributed by atoms with Crippen LogP contribution in [-0.2, 0) is 11.2 Å². The van der Waals surface area contributed by atoms with Crippen LogP contribution in [0.2, 0.25) is 0 Å². The zero-order valence-electron chi connectivity index (χ0n) is 14.7. The van der Waals surface area contributed by atoms with E-state index in [1.807, 2.05) is 23.0 Å². The van der Waals surface area contributed by atoms with Crippen molar-refractivity contribution in [1.82, 2.24) is 19.9 Å². The molecule has 2 fully saturated rings. The molecule has 134 valence electrons. The third-order valence-corrected chi connectivity index (χ3v) is 5.79. The highest BCUT2D eigenvalue weighted by atomic mass is 16.2. The van der Waals surface area contributed by atoms with Gasteiger partial charge in [0.25, 0.3) is 0 Å². The highest BCUT2D eigenvalue weighted by Gasteiger charge is 2.25. The van der Waals surface area contributed by atoms with Crippen molar-refractivity contribution in [3.8, 4) is 0 Å². The third-order valence-electron chi connectivity index (χ3n) is 5.79. The maximum atomic E-state index is 11.8. The van der Waals surface area contributed by atoms with Gasteiger partial charge in [-0.25, -0.2) is 9.50 Å². The van der Waals surface area contributed by atoms with Gasteiger partial charge in [-0.1, -0.05) is 25.7 Å². The van der Waals surface area contributed by atoms with Gasteiger partial charge < -0.3 is 11.1 Å². The predicted molar refractivity (Wildman–Crippen MR) is 95.9 cm³/mol. The van der Waals surface area contributed by atoms with Crippen molar-refractivity contribution < 1.29 is 4.79 Å². The first kappa shape index (κ1) is 16.5. The molecule has 6 nitrogen and oxygen atoms in total. The van der Waals surface area contributed by atoms with Gasteiger partial charge in [0, 0.05) is 12.5 Å². The average Bonchev–Trinajstić information content (AvgIpc) is 3.10. The zero-order chi connectivity index (χ0) is 17.2. The van der Waals surface area contributed by atoms with Crippen molar-refractivity contribution in [1.29, 1.82) is 0 Å². The quantitative estimate of drug-likeness (QED) is 0.836. The normalized spacial score (nSPS) is 23.6. The Bertz CT molecular complexity index is 747. The van der Waals surface area contributed by atoms with Gasteiger partial charge in [-0.2, -0.15) is 5.10 Å². The van der Waals surface area contributed by atoms with Crippen molar-refractivity contribution in [3.63, 3.8) is 0 Å². The number of fused-ring (bicyclic) bond motifs is 1. The lowest BCUT2D eigenvalue weighted by Crippen LogP contribution is -2.21. The molecule has 2 aromatic heterocycles. The minimum Gasteiger partial charge on any atom is -0.356 e. The molecule has 1 aliphatic heterocycles. The molecule has 6 heteroatoms. The number of amides is 1. The van der Waals surface area contributed by atoms with Crippen molar-refractivity contribution in [2.45, 2.75) is 57.4 Å². The minimum atomic E-state index is -0.0103. The van der Waals surface area contributed by atoms with Crippen molar-refractivity contribution >= 4 is 11.6 Å². The molecular weight excluding hydrogens is 314 g/mol. The van der Waals surface area contributed by atoms with E-state index in [9.17, 15) is 4.79 Å². The molecule has 3 N–H and O–H groups in total. The molecule has 2 aromatic rings. The monoisotopic (exact) mass is 341 g/mol. The number of aromatic nitrogens is 3. The van der Waals surface area contributed by atoms with Crippen LogP contribution in [-0.4, -0.2) is 27.0 Å². The number of hydrogen-bond donors (Lipinski definition) is 2. The number of nitrogens with zero attached hydrogens (tertiary/aromatic N) is 3. The van der Waals surface area contributed by atoms with Crippen LogP contribution in [0.15, 0.2) is 18.5 Å². The van der Waals surface area contributed by atoms with Crippen molar-refractivity contribution in [2.75, 3.05) is 6.54 Å². The van der Waals surface area contributed by atoms with Crippen LogP contribution in [0, 0.1) is 11.8 Å². The van der Waals surface area contributed by atoms with Crippen LogP contribution in [0.5, 0.6) is 0 Å². The lowest BCUT2D eigenvalue weighted by Gasteiger charge is -2.20. The molecule has 25 heavy (non-hydrogen) atoms. The summed E-state index contributed by atoms with van der Waals surface area (Å²) >= 11 is 0. The van der Waals surface area contributed by atoms with E-state index in [-0.39, 0.29) is 17.9 Å². The highest BCUT2D eigenvalue weighted by Crippen LogP contribution is 2.31. The molecule has 1 amide bonds. The lowest BCUT2D eigenvalue weighted by molar-refractivity contribution is -0.122. The second-order valence-corrected chi connectivity index (χ2v) is 7.59. The van der Waals surface area contributed by atoms with E-state index in [0.29, 0.717) is 5.92 Å². The Morgan fingerprint density at radius 1 is 1.24 bits per heavy atom. The predicted octanol–water partition coefficient (Wildman–Crippen LogP) is 2.38.